The molecule has 2 aliphatic rings. The Hall–Kier alpha value is -1.41. The summed E-state index contributed by atoms with van der Waals surface area (Å²) in [7, 11) is 2.27. The molecule has 27 heavy (non-hydrogen) atoms. The number of hydrogen-bond acceptors (Lipinski definition) is 5. The average Bonchev–Trinajstić information content (AvgIpc) is 3.29. The van der Waals surface area contributed by atoms with Crippen LogP contribution in [0.15, 0.2) is 36.9 Å². The van der Waals surface area contributed by atoms with Gasteiger partial charge in [-0.2, -0.15) is 9.37 Å². The monoisotopic (exact) mass is 393 g/mol. The zero-order valence-corrected chi connectivity index (χ0v) is 17.4. The molecule has 3 rings (SSSR count). The van der Waals surface area contributed by atoms with Crippen molar-refractivity contribution < 1.29 is 13.3 Å². The van der Waals surface area contributed by atoms with Crippen LogP contribution >= 0.6 is 0 Å². The molecule has 1 aromatic carbocycles. The number of sulfonamides is 1. The lowest BCUT2D eigenvalue weighted by Crippen LogP contribution is -2.46. The fourth-order valence-corrected chi connectivity index (χ4v) is 6.37. The first-order valence-corrected chi connectivity index (χ1v) is 11.1. The highest BCUT2D eigenvalue weighted by Gasteiger charge is 2.47. The summed E-state index contributed by atoms with van der Waals surface area (Å²) in [6.07, 6.45) is 5.72. The normalized spacial score (nSPS) is 24.6. The van der Waals surface area contributed by atoms with E-state index in [2.05, 4.69) is 6.58 Å². The van der Waals surface area contributed by atoms with Gasteiger partial charge in [-0.15, -0.1) is 6.58 Å². The molecule has 0 radical (unpaired) electrons. The third kappa shape index (κ3) is 4.06. The zero-order chi connectivity index (χ0) is 19.6. The van der Waals surface area contributed by atoms with Gasteiger partial charge in [-0.1, -0.05) is 31.1 Å². The number of rotatable bonds is 7. The number of benzene rings is 1. The number of hydroxylamine groups is 2. The van der Waals surface area contributed by atoms with E-state index in [0.29, 0.717) is 6.54 Å². The first-order valence-electron chi connectivity index (χ1n) is 9.61. The van der Waals surface area contributed by atoms with Crippen molar-refractivity contribution in [3.05, 3.63) is 42.5 Å². The highest BCUT2D eigenvalue weighted by atomic mass is 32.2. The van der Waals surface area contributed by atoms with Gasteiger partial charge in [-0.05, 0) is 30.5 Å². The second kappa shape index (κ2) is 8.31. The van der Waals surface area contributed by atoms with Crippen LogP contribution in [0, 0.1) is 0 Å². The largest absolute Gasteiger partial charge is 0.378 e. The van der Waals surface area contributed by atoms with Gasteiger partial charge in [0.15, 0.2) is 0 Å². The molecule has 1 aliphatic carbocycles. The molecule has 2 atom stereocenters. The lowest BCUT2D eigenvalue weighted by atomic mass is 10.0. The molecule has 1 saturated heterocycles. The molecular formula is C20H31N3O3S. The Bertz CT molecular complexity index is 742. The van der Waals surface area contributed by atoms with Crippen LogP contribution in [0.2, 0.25) is 0 Å². The van der Waals surface area contributed by atoms with Crippen molar-refractivity contribution in [2.45, 2.75) is 43.0 Å². The van der Waals surface area contributed by atoms with Crippen LogP contribution in [0.4, 0.5) is 5.69 Å². The molecule has 1 aromatic rings. The Morgan fingerprint density at radius 1 is 1.22 bits per heavy atom. The highest BCUT2D eigenvalue weighted by molar-refractivity contribution is 7.89. The Kier molecular flexibility index (Phi) is 6.25. The standard InChI is InChI=1S/C20H31N3O3S/c1-5-14-23(18-8-6-7-9-18)27(24,25)19-15-26-22(4)20(19)16-10-12-17(13-11-16)21(2)3/h5,10-13,18-20H,1,6-9,14-15H2,2-4H3. The number of anilines is 1. The quantitative estimate of drug-likeness (QED) is 0.667. The summed E-state index contributed by atoms with van der Waals surface area (Å²) >= 11 is 0. The molecule has 0 N–H and O–H groups in total. The average molecular weight is 394 g/mol. The van der Waals surface area contributed by atoms with E-state index in [1.54, 1.807) is 15.4 Å². The van der Waals surface area contributed by atoms with Crippen molar-refractivity contribution in [1.82, 2.24) is 9.37 Å². The summed E-state index contributed by atoms with van der Waals surface area (Å²) in [6, 6.07) is 7.80. The SMILES string of the molecule is C=CCN(C1CCCC1)S(=O)(=O)C1CON(C)C1c1ccc(N(C)C)cc1. The molecule has 2 unspecified atom stereocenters. The second-order valence-electron chi connectivity index (χ2n) is 7.65. The van der Waals surface area contributed by atoms with Gasteiger partial charge in [0.05, 0.1) is 12.6 Å². The first kappa shape index (κ1) is 20.3. The topological polar surface area (TPSA) is 53.1 Å². The summed E-state index contributed by atoms with van der Waals surface area (Å²) in [5.41, 5.74) is 2.04. The molecule has 6 nitrogen and oxygen atoms in total. The van der Waals surface area contributed by atoms with Crippen molar-refractivity contribution in [3.8, 4) is 0 Å². The summed E-state index contributed by atoms with van der Waals surface area (Å²) in [4.78, 5) is 7.71. The van der Waals surface area contributed by atoms with E-state index in [-0.39, 0.29) is 18.7 Å². The van der Waals surface area contributed by atoms with Gasteiger partial charge in [0.25, 0.3) is 0 Å². The van der Waals surface area contributed by atoms with Gasteiger partial charge in [-0.3, -0.25) is 4.84 Å². The predicted octanol–water partition coefficient (Wildman–Crippen LogP) is 2.80. The summed E-state index contributed by atoms with van der Waals surface area (Å²) in [6.45, 7) is 4.32. The summed E-state index contributed by atoms with van der Waals surface area (Å²) in [5.74, 6) is 0. The molecule has 1 saturated carbocycles. The minimum atomic E-state index is -3.52. The van der Waals surface area contributed by atoms with Crippen molar-refractivity contribution in [1.29, 1.82) is 0 Å². The maximum Gasteiger partial charge on any atom is 0.221 e. The minimum Gasteiger partial charge on any atom is -0.378 e. The van der Waals surface area contributed by atoms with Crippen molar-refractivity contribution in [3.63, 3.8) is 0 Å². The van der Waals surface area contributed by atoms with Crippen molar-refractivity contribution in [2.75, 3.05) is 39.2 Å². The van der Waals surface area contributed by atoms with E-state index in [4.69, 9.17) is 4.84 Å². The maximum atomic E-state index is 13.6. The highest BCUT2D eigenvalue weighted by Crippen LogP contribution is 2.37. The van der Waals surface area contributed by atoms with Crippen LogP contribution in [0.3, 0.4) is 0 Å². The van der Waals surface area contributed by atoms with Gasteiger partial charge in [0, 0.05) is 39.4 Å². The van der Waals surface area contributed by atoms with Gasteiger partial charge in [0.1, 0.15) is 5.25 Å². The third-order valence-electron chi connectivity index (χ3n) is 5.69. The lowest BCUT2D eigenvalue weighted by Gasteiger charge is -2.32. The van der Waals surface area contributed by atoms with Crippen LogP contribution in [0.5, 0.6) is 0 Å². The fourth-order valence-electron chi connectivity index (χ4n) is 4.19. The van der Waals surface area contributed by atoms with Crippen molar-refractivity contribution >= 4 is 15.7 Å². The van der Waals surface area contributed by atoms with Crippen LogP contribution in [-0.4, -0.2) is 63.4 Å². The van der Waals surface area contributed by atoms with Gasteiger partial charge < -0.3 is 4.90 Å². The molecule has 0 spiro atoms. The predicted molar refractivity (Wildman–Crippen MR) is 109 cm³/mol. The van der Waals surface area contributed by atoms with E-state index in [1.807, 2.05) is 50.3 Å². The Morgan fingerprint density at radius 3 is 2.41 bits per heavy atom. The fraction of sp³-hybridized carbons (Fsp3) is 0.600. The first-order chi connectivity index (χ1) is 12.9. The van der Waals surface area contributed by atoms with E-state index in [1.165, 1.54) is 0 Å². The maximum absolute atomic E-state index is 13.6. The molecule has 0 bridgehead atoms. The van der Waals surface area contributed by atoms with Crippen molar-refractivity contribution in [2.24, 2.45) is 0 Å². The van der Waals surface area contributed by atoms with Crippen LogP contribution in [0.25, 0.3) is 0 Å². The Balaban J connectivity index is 1.91. The second-order valence-corrected chi connectivity index (χ2v) is 9.76. The summed E-state index contributed by atoms with van der Waals surface area (Å²) in [5, 5.41) is 1.07. The van der Waals surface area contributed by atoms with E-state index < -0.39 is 15.3 Å². The zero-order valence-electron chi connectivity index (χ0n) is 16.5. The molecule has 2 fully saturated rings. The van der Waals surface area contributed by atoms with Crippen LogP contribution in [0.1, 0.15) is 37.3 Å². The number of hydrogen-bond donors (Lipinski definition) is 0. The molecular weight excluding hydrogens is 362 g/mol. The van der Waals surface area contributed by atoms with Gasteiger partial charge in [-0.25, -0.2) is 8.42 Å². The van der Waals surface area contributed by atoms with E-state index >= 15 is 0 Å². The van der Waals surface area contributed by atoms with Crippen LogP contribution in [-0.2, 0) is 14.9 Å². The molecule has 1 heterocycles. The van der Waals surface area contributed by atoms with E-state index in [0.717, 1.165) is 36.9 Å². The van der Waals surface area contributed by atoms with Crippen LogP contribution < -0.4 is 4.90 Å². The summed E-state index contributed by atoms with van der Waals surface area (Å²) < 4.78 is 28.8. The Labute approximate surface area is 163 Å². The lowest BCUT2D eigenvalue weighted by molar-refractivity contribution is -0.110. The number of nitrogens with zero attached hydrogens (tertiary/aromatic N) is 3. The van der Waals surface area contributed by atoms with Gasteiger partial charge in [0.2, 0.25) is 10.0 Å². The molecule has 0 aromatic heterocycles. The third-order valence-corrected chi connectivity index (χ3v) is 7.95. The van der Waals surface area contributed by atoms with Gasteiger partial charge >= 0.3 is 0 Å². The molecule has 0 amide bonds. The molecule has 1 aliphatic heterocycles. The molecule has 150 valence electrons. The smallest absolute Gasteiger partial charge is 0.221 e. The Morgan fingerprint density at radius 2 is 1.85 bits per heavy atom. The minimum absolute atomic E-state index is 0.0793. The molecule has 7 heteroatoms. The van der Waals surface area contributed by atoms with E-state index in [9.17, 15) is 8.42 Å².